The van der Waals surface area contributed by atoms with Crippen LogP contribution in [0.15, 0.2) is 30.3 Å². The van der Waals surface area contributed by atoms with Crippen LogP contribution in [0.5, 0.6) is 0 Å². The van der Waals surface area contributed by atoms with Crippen LogP contribution < -0.4 is 5.32 Å². The zero-order valence-corrected chi connectivity index (χ0v) is 12.4. The fourth-order valence-corrected chi connectivity index (χ4v) is 2.70. The van der Waals surface area contributed by atoms with Crippen molar-refractivity contribution in [3.63, 3.8) is 0 Å². The summed E-state index contributed by atoms with van der Waals surface area (Å²) >= 11 is 0. The van der Waals surface area contributed by atoms with Gasteiger partial charge in [0.15, 0.2) is 0 Å². The largest absolute Gasteiger partial charge is 0.307 e. The highest BCUT2D eigenvalue weighted by Gasteiger charge is 2.21. The molecule has 0 aliphatic carbocycles. The van der Waals surface area contributed by atoms with Crippen molar-refractivity contribution in [3.8, 4) is 0 Å². The van der Waals surface area contributed by atoms with Crippen molar-refractivity contribution in [3.05, 3.63) is 35.9 Å². The zero-order chi connectivity index (χ0) is 13.4. The van der Waals surface area contributed by atoms with E-state index >= 15 is 0 Å². The van der Waals surface area contributed by atoms with E-state index in [0.29, 0.717) is 12.1 Å². The molecule has 0 heterocycles. The maximum Gasteiger partial charge on any atom is 0.0350 e. The summed E-state index contributed by atoms with van der Waals surface area (Å²) in [6, 6.07) is 12.1. The summed E-state index contributed by atoms with van der Waals surface area (Å²) in [5, 5.41) is 3.87. The van der Waals surface area contributed by atoms with Gasteiger partial charge in [0.25, 0.3) is 0 Å². The van der Waals surface area contributed by atoms with Crippen molar-refractivity contribution in [1.82, 2.24) is 5.32 Å². The maximum atomic E-state index is 3.87. The highest BCUT2D eigenvalue weighted by molar-refractivity contribution is 5.20. The summed E-state index contributed by atoms with van der Waals surface area (Å²) in [5.74, 6) is 0.730. The van der Waals surface area contributed by atoms with E-state index in [2.05, 4.69) is 63.3 Å². The van der Waals surface area contributed by atoms with Crippen LogP contribution in [0.25, 0.3) is 0 Å². The average molecular weight is 247 g/mol. The van der Waals surface area contributed by atoms with Gasteiger partial charge in [0.05, 0.1) is 0 Å². The van der Waals surface area contributed by atoms with Crippen molar-refractivity contribution in [2.45, 2.75) is 65.5 Å². The fourth-order valence-electron chi connectivity index (χ4n) is 2.70. The average Bonchev–Trinajstić information content (AvgIpc) is 2.44. The molecule has 0 aliphatic heterocycles. The zero-order valence-electron chi connectivity index (χ0n) is 12.4. The molecule has 18 heavy (non-hydrogen) atoms. The topological polar surface area (TPSA) is 12.0 Å². The van der Waals surface area contributed by atoms with Crippen LogP contribution in [-0.2, 0) is 0 Å². The molecule has 1 nitrogen and oxygen atoms in total. The fraction of sp³-hybridized carbons (Fsp3) is 0.647. The third kappa shape index (κ3) is 4.13. The summed E-state index contributed by atoms with van der Waals surface area (Å²) in [7, 11) is 0. The van der Waals surface area contributed by atoms with Crippen molar-refractivity contribution >= 4 is 0 Å². The summed E-state index contributed by atoms with van der Waals surface area (Å²) in [5.41, 5.74) is 1.44. The summed E-state index contributed by atoms with van der Waals surface area (Å²) in [4.78, 5) is 0. The number of benzene rings is 1. The van der Waals surface area contributed by atoms with Crippen LogP contribution in [0.4, 0.5) is 0 Å². The van der Waals surface area contributed by atoms with Gasteiger partial charge in [0.2, 0.25) is 0 Å². The predicted molar refractivity (Wildman–Crippen MR) is 80.8 cm³/mol. The predicted octanol–water partition coefficient (Wildman–Crippen LogP) is 4.94. The third-order valence-electron chi connectivity index (χ3n) is 4.08. The molecule has 0 spiro atoms. The molecule has 0 radical (unpaired) electrons. The quantitative estimate of drug-likeness (QED) is 0.686. The number of hydrogen-bond acceptors (Lipinski definition) is 1. The molecule has 1 N–H and O–H groups in total. The monoisotopic (exact) mass is 247 g/mol. The smallest absolute Gasteiger partial charge is 0.0350 e. The Balaban J connectivity index is 2.88. The highest BCUT2D eigenvalue weighted by Crippen LogP contribution is 2.28. The second kappa shape index (κ2) is 8.31. The third-order valence-corrected chi connectivity index (χ3v) is 4.08. The molecular formula is C17H29N. The van der Waals surface area contributed by atoms with Crippen molar-refractivity contribution in [2.24, 2.45) is 5.92 Å². The molecular weight excluding hydrogens is 218 g/mol. The summed E-state index contributed by atoms with van der Waals surface area (Å²) in [6.07, 6.45) is 4.90. The first-order valence-corrected chi connectivity index (χ1v) is 7.57. The summed E-state index contributed by atoms with van der Waals surface area (Å²) < 4.78 is 0. The van der Waals surface area contributed by atoms with Gasteiger partial charge in [-0.25, -0.2) is 0 Å². The Kier molecular flexibility index (Phi) is 7.04. The Morgan fingerprint density at radius 2 is 1.39 bits per heavy atom. The Morgan fingerprint density at radius 3 is 1.83 bits per heavy atom. The molecule has 0 bridgehead atoms. The minimum atomic E-state index is 0.506. The lowest BCUT2D eigenvalue weighted by molar-refractivity contribution is 0.300. The normalized spacial score (nSPS) is 13.2. The first-order valence-electron chi connectivity index (χ1n) is 7.57. The second-order valence-corrected chi connectivity index (χ2v) is 5.15. The Bertz CT molecular complexity index is 299. The molecule has 1 aromatic carbocycles. The Hall–Kier alpha value is -0.820. The summed E-state index contributed by atoms with van der Waals surface area (Å²) in [6.45, 7) is 9.16. The van der Waals surface area contributed by atoms with Crippen molar-refractivity contribution in [1.29, 1.82) is 0 Å². The number of hydrogen-bond donors (Lipinski definition) is 1. The molecule has 1 aromatic rings. The van der Waals surface area contributed by atoms with Crippen LogP contribution in [0, 0.1) is 5.92 Å². The Morgan fingerprint density at radius 1 is 0.833 bits per heavy atom. The lowest BCUT2D eigenvalue weighted by Gasteiger charge is -2.31. The van der Waals surface area contributed by atoms with Crippen LogP contribution in [-0.4, -0.2) is 6.04 Å². The minimum absolute atomic E-state index is 0.506. The van der Waals surface area contributed by atoms with Crippen LogP contribution in [0.3, 0.4) is 0 Å². The Labute approximate surface area is 113 Å². The van der Waals surface area contributed by atoms with Gasteiger partial charge in [-0.3, -0.25) is 0 Å². The SMILES string of the molecule is CCC(CC)NC(c1ccccc1)C(CC)CC. The molecule has 0 aliphatic rings. The van der Waals surface area contributed by atoms with E-state index in [-0.39, 0.29) is 0 Å². The lowest BCUT2D eigenvalue weighted by atomic mass is 9.88. The van der Waals surface area contributed by atoms with Gasteiger partial charge in [0.1, 0.15) is 0 Å². The van der Waals surface area contributed by atoms with E-state index in [4.69, 9.17) is 0 Å². The molecule has 102 valence electrons. The van der Waals surface area contributed by atoms with Gasteiger partial charge in [-0.2, -0.15) is 0 Å². The second-order valence-electron chi connectivity index (χ2n) is 5.15. The van der Waals surface area contributed by atoms with Gasteiger partial charge < -0.3 is 5.32 Å². The van der Waals surface area contributed by atoms with Gasteiger partial charge >= 0.3 is 0 Å². The van der Waals surface area contributed by atoms with Crippen LogP contribution >= 0.6 is 0 Å². The molecule has 1 rings (SSSR count). The van der Waals surface area contributed by atoms with E-state index in [9.17, 15) is 0 Å². The van der Waals surface area contributed by atoms with E-state index in [1.165, 1.54) is 31.2 Å². The highest BCUT2D eigenvalue weighted by atomic mass is 15.0. The molecule has 1 unspecified atom stereocenters. The molecule has 1 atom stereocenters. The number of nitrogens with one attached hydrogen (secondary N) is 1. The van der Waals surface area contributed by atoms with E-state index in [1.807, 2.05) is 0 Å². The first kappa shape index (κ1) is 15.2. The van der Waals surface area contributed by atoms with Gasteiger partial charge in [-0.1, -0.05) is 70.9 Å². The lowest BCUT2D eigenvalue weighted by Crippen LogP contribution is -2.35. The molecule has 1 heteroatoms. The molecule has 0 saturated carbocycles. The van der Waals surface area contributed by atoms with Crippen LogP contribution in [0.2, 0.25) is 0 Å². The van der Waals surface area contributed by atoms with Gasteiger partial charge in [0, 0.05) is 12.1 Å². The molecule has 0 saturated heterocycles. The van der Waals surface area contributed by atoms with Crippen molar-refractivity contribution < 1.29 is 0 Å². The van der Waals surface area contributed by atoms with Gasteiger partial charge in [-0.15, -0.1) is 0 Å². The molecule has 0 aromatic heterocycles. The van der Waals surface area contributed by atoms with E-state index in [1.54, 1.807) is 0 Å². The van der Waals surface area contributed by atoms with E-state index in [0.717, 1.165) is 5.92 Å². The van der Waals surface area contributed by atoms with Crippen molar-refractivity contribution in [2.75, 3.05) is 0 Å². The molecule has 0 amide bonds. The number of rotatable bonds is 8. The first-order chi connectivity index (χ1) is 8.76. The van der Waals surface area contributed by atoms with Gasteiger partial charge in [-0.05, 0) is 24.3 Å². The van der Waals surface area contributed by atoms with E-state index < -0.39 is 0 Å². The van der Waals surface area contributed by atoms with Crippen LogP contribution in [0.1, 0.15) is 65.0 Å². The maximum absolute atomic E-state index is 3.87. The standard InChI is InChI=1S/C17H29N/c1-5-14(6-2)17(18-16(7-3)8-4)15-12-10-9-11-13-15/h9-14,16-18H,5-8H2,1-4H3. The minimum Gasteiger partial charge on any atom is -0.307 e. The molecule has 0 fully saturated rings.